The van der Waals surface area contributed by atoms with E-state index in [0.29, 0.717) is 92.7 Å². The van der Waals surface area contributed by atoms with Gasteiger partial charge in [0, 0.05) is 100 Å². The number of imide groups is 1. The van der Waals surface area contributed by atoms with E-state index in [2.05, 4.69) is 42.6 Å². The highest BCUT2D eigenvalue weighted by molar-refractivity contribution is 6.05. The van der Waals surface area contributed by atoms with Crippen molar-refractivity contribution >= 4 is 46.6 Å². The standard InChI is InChI=1S/C53H57F2N11O7/c1-2-73-40-25-42(49-37(26-56)28-58-66(49)31-40)35-3-9-46(57-27-35)63-17-13-53(14-18-63,60-50(69)43-24-38(54)4-7-44(43)55)33-72-32-48(68)64-15-11-34(12-16-64)29-61-19-21-62(22-20-61)39-5-6-41-36(23-39)30-65(52(41)71)45-8-10-47(67)59-51(45)70/h3-7,9,23-25,27-28,31,34,45H,2,8,10-22,29-30,32-33H2,1H3,(H,60,69)(H,59,67,70). The van der Waals surface area contributed by atoms with E-state index in [-0.39, 0.29) is 37.4 Å². The van der Waals surface area contributed by atoms with Crippen LogP contribution in [-0.4, -0.2) is 149 Å². The van der Waals surface area contributed by atoms with Crippen LogP contribution in [0.2, 0.25) is 0 Å². The Bertz CT molecular complexity index is 2970. The van der Waals surface area contributed by atoms with Crippen molar-refractivity contribution in [2.24, 2.45) is 5.92 Å². The van der Waals surface area contributed by atoms with Gasteiger partial charge in [0.15, 0.2) is 0 Å². The van der Waals surface area contributed by atoms with Gasteiger partial charge in [0.1, 0.15) is 41.9 Å². The van der Waals surface area contributed by atoms with Crippen molar-refractivity contribution in [1.82, 2.24) is 39.9 Å². The minimum absolute atomic E-state index is 0.0206. The molecule has 73 heavy (non-hydrogen) atoms. The van der Waals surface area contributed by atoms with Crippen LogP contribution < -0.4 is 25.2 Å². The number of benzene rings is 2. The number of anilines is 2. The van der Waals surface area contributed by atoms with E-state index in [4.69, 9.17) is 14.5 Å². The maximum Gasteiger partial charge on any atom is 0.255 e. The fraction of sp³-hybridized carbons (Fsp3) is 0.434. The molecule has 1 unspecified atom stereocenters. The molecule has 0 aliphatic carbocycles. The summed E-state index contributed by atoms with van der Waals surface area (Å²) in [5.41, 5.74) is 3.67. The van der Waals surface area contributed by atoms with Crippen LogP contribution in [0.25, 0.3) is 16.6 Å². The summed E-state index contributed by atoms with van der Waals surface area (Å²) in [7, 11) is 0. The second-order valence-corrected chi connectivity index (χ2v) is 19.6. The molecule has 4 saturated heterocycles. The van der Waals surface area contributed by atoms with Gasteiger partial charge in [0.25, 0.3) is 11.8 Å². The van der Waals surface area contributed by atoms with Crippen LogP contribution in [0.1, 0.15) is 77.3 Å². The fourth-order valence-electron chi connectivity index (χ4n) is 10.9. The molecule has 1 atom stereocenters. The molecular weight excluding hydrogens is 941 g/mol. The highest BCUT2D eigenvalue weighted by atomic mass is 19.1. The number of carbonyl (C=O) groups is 5. The Labute approximate surface area is 420 Å². The maximum atomic E-state index is 14.8. The zero-order chi connectivity index (χ0) is 50.8. The number of nitriles is 1. The van der Waals surface area contributed by atoms with Gasteiger partial charge in [0.05, 0.1) is 47.8 Å². The SMILES string of the molecule is CCOc1cc(-c2ccc(N3CCC(COCC(=O)N4CCC(CN5CCN(c6ccc7c(c6)CN(C6CCC(=O)NC6=O)C7=O)CC5)CC4)(NC(=O)c4cc(F)ccc4F)CC3)nc2)c2c(C#N)cnn2c1. The van der Waals surface area contributed by atoms with E-state index >= 15 is 0 Å². The number of hydrogen-bond donors (Lipinski definition) is 2. The number of hydrogen-bond acceptors (Lipinski definition) is 13. The third-order valence-electron chi connectivity index (χ3n) is 15.0. The minimum Gasteiger partial charge on any atom is -0.492 e. The van der Waals surface area contributed by atoms with Gasteiger partial charge < -0.3 is 34.4 Å². The van der Waals surface area contributed by atoms with Gasteiger partial charge in [-0.25, -0.2) is 18.3 Å². The molecule has 2 N–H and O–H groups in total. The molecule has 5 aliphatic rings. The quantitative estimate of drug-likeness (QED) is 0.147. The number of pyridine rings is 2. The lowest BCUT2D eigenvalue weighted by molar-refractivity contribution is -0.139. The van der Waals surface area contributed by atoms with E-state index in [1.807, 2.05) is 42.2 Å². The molecule has 10 rings (SSSR count). The van der Waals surface area contributed by atoms with Crippen molar-refractivity contribution in [2.45, 2.75) is 63.6 Å². The van der Waals surface area contributed by atoms with Crippen LogP contribution in [0.15, 0.2) is 73.2 Å². The number of fused-ring (bicyclic) bond motifs is 2. The van der Waals surface area contributed by atoms with Crippen molar-refractivity contribution in [1.29, 1.82) is 5.26 Å². The van der Waals surface area contributed by atoms with Crippen molar-refractivity contribution in [3.05, 3.63) is 107 Å². The lowest BCUT2D eigenvalue weighted by Crippen LogP contribution is -2.58. The number of amides is 5. The summed E-state index contributed by atoms with van der Waals surface area (Å²) >= 11 is 0. The van der Waals surface area contributed by atoms with Crippen LogP contribution in [0.4, 0.5) is 20.3 Å². The van der Waals surface area contributed by atoms with E-state index in [9.17, 15) is 38.0 Å². The number of piperidine rings is 3. The normalized spacial score (nSPS) is 19.5. The topological polar surface area (TPSA) is 198 Å². The van der Waals surface area contributed by atoms with Gasteiger partial charge in [-0.05, 0) is 105 Å². The maximum absolute atomic E-state index is 14.8. The Hall–Kier alpha value is -7.50. The first-order chi connectivity index (χ1) is 35.4. The van der Waals surface area contributed by atoms with Crippen LogP contribution in [0.3, 0.4) is 0 Å². The highest BCUT2D eigenvalue weighted by Crippen LogP contribution is 2.34. The van der Waals surface area contributed by atoms with Crippen molar-refractivity contribution in [3.63, 3.8) is 0 Å². The Kier molecular flexibility index (Phi) is 14.1. The zero-order valence-electron chi connectivity index (χ0n) is 40.7. The average molecular weight is 998 g/mol. The number of aromatic nitrogens is 3. The van der Waals surface area contributed by atoms with Gasteiger partial charge in [-0.1, -0.05) is 0 Å². The van der Waals surface area contributed by atoms with Crippen LogP contribution in [-0.2, 0) is 25.7 Å². The molecule has 0 saturated carbocycles. The molecule has 8 heterocycles. The molecule has 3 aromatic heterocycles. The lowest BCUT2D eigenvalue weighted by Gasteiger charge is -2.42. The van der Waals surface area contributed by atoms with E-state index in [0.717, 1.165) is 86.1 Å². The summed E-state index contributed by atoms with van der Waals surface area (Å²) in [6, 6.07) is 15.9. The Morgan fingerprint density at radius 3 is 2.42 bits per heavy atom. The monoisotopic (exact) mass is 997 g/mol. The van der Waals surface area contributed by atoms with Gasteiger partial charge in [-0.3, -0.25) is 34.2 Å². The molecule has 5 aromatic rings. The summed E-state index contributed by atoms with van der Waals surface area (Å²) in [6.07, 6.45) is 7.96. The smallest absolute Gasteiger partial charge is 0.255 e. The Morgan fingerprint density at radius 1 is 0.904 bits per heavy atom. The van der Waals surface area contributed by atoms with Gasteiger partial charge in [0.2, 0.25) is 17.7 Å². The molecule has 0 spiro atoms. The summed E-state index contributed by atoms with van der Waals surface area (Å²) in [5, 5.41) is 19.4. The van der Waals surface area contributed by atoms with E-state index in [1.54, 1.807) is 21.8 Å². The number of rotatable bonds is 14. The first-order valence-electron chi connectivity index (χ1n) is 25.0. The summed E-state index contributed by atoms with van der Waals surface area (Å²) < 4.78 is 42.6. The Morgan fingerprint density at radius 2 is 1.70 bits per heavy atom. The zero-order valence-corrected chi connectivity index (χ0v) is 40.7. The molecule has 380 valence electrons. The van der Waals surface area contributed by atoms with Crippen molar-refractivity contribution in [2.75, 3.05) is 88.5 Å². The second-order valence-electron chi connectivity index (χ2n) is 19.6. The molecule has 4 fully saturated rings. The third kappa shape index (κ3) is 10.4. The molecule has 18 nitrogen and oxygen atoms in total. The van der Waals surface area contributed by atoms with E-state index < -0.39 is 40.6 Å². The number of nitrogens with one attached hydrogen (secondary N) is 2. The summed E-state index contributed by atoms with van der Waals surface area (Å²) in [6.45, 7) is 8.87. The summed E-state index contributed by atoms with van der Waals surface area (Å²) in [4.78, 5) is 79.6. The molecular formula is C53H57F2N11O7. The average Bonchev–Trinajstić information content (AvgIpc) is 3.97. The number of piperazine rings is 1. The van der Waals surface area contributed by atoms with Gasteiger partial charge in [-0.15, -0.1) is 0 Å². The highest BCUT2D eigenvalue weighted by Gasteiger charge is 2.41. The molecule has 0 radical (unpaired) electrons. The molecule has 5 amide bonds. The number of carbonyl (C=O) groups excluding carboxylic acids is 5. The van der Waals surface area contributed by atoms with Crippen molar-refractivity contribution < 1.29 is 42.2 Å². The Balaban J connectivity index is 0.710. The van der Waals surface area contributed by atoms with Crippen LogP contribution in [0.5, 0.6) is 5.75 Å². The fourth-order valence-corrected chi connectivity index (χ4v) is 10.9. The number of likely N-dealkylation sites (tertiary alicyclic amines) is 1. The third-order valence-corrected chi connectivity index (χ3v) is 15.0. The first-order valence-corrected chi connectivity index (χ1v) is 25.0. The largest absolute Gasteiger partial charge is 0.492 e. The molecule has 0 bridgehead atoms. The molecule has 2 aromatic carbocycles. The first kappa shape index (κ1) is 49.1. The number of halogens is 2. The molecule has 5 aliphatic heterocycles. The predicted molar refractivity (Wildman–Crippen MR) is 264 cm³/mol. The second kappa shape index (κ2) is 20.9. The number of ether oxygens (including phenoxy) is 2. The van der Waals surface area contributed by atoms with Gasteiger partial charge >= 0.3 is 0 Å². The van der Waals surface area contributed by atoms with Crippen LogP contribution >= 0.6 is 0 Å². The molecule has 20 heteroatoms. The lowest BCUT2D eigenvalue weighted by atomic mass is 9.87. The summed E-state index contributed by atoms with van der Waals surface area (Å²) in [5.74, 6) is -1.71. The van der Waals surface area contributed by atoms with E-state index in [1.165, 1.54) is 6.20 Å². The van der Waals surface area contributed by atoms with Gasteiger partial charge in [-0.2, -0.15) is 10.4 Å². The number of nitrogens with zero attached hydrogens (tertiary/aromatic N) is 9. The van der Waals surface area contributed by atoms with Crippen molar-refractivity contribution in [3.8, 4) is 22.9 Å². The minimum atomic E-state index is -0.997. The van der Waals surface area contributed by atoms with Crippen LogP contribution in [0, 0.1) is 28.9 Å². The predicted octanol–water partition coefficient (Wildman–Crippen LogP) is 4.55.